The minimum absolute atomic E-state index is 0.180. The van der Waals surface area contributed by atoms with E-state index in [0.29, 0.717) is 0 Å². The molecular formula is C14H32N2O. The van der Waals surface area contributed by atoms with Crippen molar-refractivity contribution in [2.24, 2.45) is 0 Å². The standard InChI is InChI=1S/C12H26N2O.C2H6/c1-5-7-8-9-13(4)10-11-14(6-2)12(3)15;1-2/h5-11H2,1-4H3;1-2H3. The van der Waals surface area contributed by atoms with Crippen LogP contribution in [0.2, 0.25) is 0 Å². The van der Waals surface area contributed by atoms with Gasteiger partial charge in [-0.25, -0.2) is 0 Å². The fourth-order valence-electron chi connectivity index (χ4n) is 1.57. The van der Waals surface area contributed by atoms with E-state index >= 15 is 0 Å². The minimum Gasteiger partial charge on any atom is -0.342 e. The molecule has 0 saturated heterocycles. The maximum Gasteiger partial charge on any atom is 0.219 e. The van der Waals surface area contributed by atoms with Gasteiger partial charge in [-0.05, 0) is 26.9 Å². The van der Waals surface area contributed by atoms with Gasteiger partial charge in [0.2, 0.25) is 5.91 Å². The topological polar surface area (TPSA) is 23.6 Å². The highest BCUT2D eigenvalue weighted by Gasteiger charge is 2.06. The summed E-state index contributed by atoms with van der Waals surface area (Å²) < 4.78 is 0. The van der Waals surface area contributed by atoms with Crippen molar-refractivity contribution in [2.75, 3.05) is 33.2 Å². The highest BCUT2D eigenvalue weighted by molar-refractivity contribution is 5.73. The molecule has 0 bridgehead atoms. The van der Waals surface area contributed by atoms with Crippen LogP contribution in [0.5, 0.6) is 0 Å². The largest absolute Gasteiger partial charge is 0.342 e. The predicted molar refractivity (Wildman–Crippen MR) is 76.3 cm³/mol. The second-order valence-corrected chi connectivity index (χ2v) is 4.11. The van der Waals surface area contributed by atoms with E-state index < -0.39 is 0 Å². The second kappa shape index (κ2) is 13.5. The maximum absolute atomic E-state index is 11.2. The van der Waals surface area contributed by atoms with Crippen LogP contribution in [0.15, 0.2) is 0 Å². The average Bonchev–Trinajstić information content (AvgIpc) is 2.32. The lowest BCUT2D eigenvalue weighted by atomic mass is 10.2. The Labute approximate surface area is 108 Å². The van der Waals surface area contributed by atoms with E-state index in [1.54, 1.807) is 6.92 Å². The molecule has 0 aliphatic carbocycles. The number of amides is 1. The third kappa shape index (κ3) is 11.7. The Balaban J connectivity index is 0. The summed E-state index contributed by atoms with van der Waals surface area (Å²) in [6.07, 6.45) is 3.83. The Morgan fingerprint density at radius 1 is 1.00 bits per heavy atom. The molecule has 17 heavy (non-hydrogen) atoms. The highest BCUT2D eigenvalue weighted by Crippen LogP contribution is 1.97. The zero-order valence-electron chi connectivity index (χ0n) is 12.8. The number of carbonyl (C=O) groups is 1. The zero-order chi connectivity index (χ0) is 13.7. The van der Waals surface area contributed by atoms with Crippen LogP contribution < -0.4 is 0 Å². The van der Waals surface area contributed by atoms with Crippen molar-refractivity contribution in [2.45, 2.75) is 53.9 Å². The van der Waals surface area contributed by atoms with Gasteiger partial charge in [0.25, 0.3) is 0 Å². The lowest BCUT2D eigenvalue weighted by molar-refractivity contribution is -0.128. The van der Waals surface area contributed by atoms with E-state index in [4.69, 9.17) is 0 Å². The maximum atomic E-state index is 11.2. The highest BCUT2D eigenvalue weighted by atomic mass is 16.2. The first-order valence-corrected chi connectivity index (χ1v) is 7.05. The van der Waals surface area contributed by atoms with Gasteiger partial charge in [0, 0.05) is 26.6 Å². The van der Waals surface area contributed by atoms with E-state index in [2.05, 4.69) is 18.9 Å². The van der Waals surface area contributed by atoms with Crippen LogP contribution in [-0.2, 0) is 4.79 Å². The number of hydrogen-bond acceptors (Lipinski definition) is 2. The van der Waals surface area contributed by atoms with Crippen LogP contribution in [0.4, 0.5) is 0 Å². The Hall–Kier alpha value is -0.570. The van der Waals surface area contributed by atoms with Gasteiger partial charge in [-0.1, -0.05) is 33.6 Å². The number of hydrogen-bond donors (Lipinski definition) is 0. The molecule has 0 spiro atoms. The van der Waals surface area contributed by atoms with Gasteiger partial charge in [0.05, 0.1) is 0 Å². The van der Waals surface area contributed by atoms with E-state index in [9.17, 15) is 4.79 Å². The molecule has 0 atom stereocenters. The molecule has 1 amide bonds. The van der Waals surface area contributed by atoms with Gasteiger partial charge in [0.1, 0.15) is 0 Å². The van der Waals surface area contributed by atoms with Crippen molar-refractivity contribution in [3.8, 4) is 0 Å². The summed E-state index contributed by atoms with van der Waals surface area (Å²) in [6.45, 7) is 13.7. The predicted octanol–water partition coefficient (Wildman–Crippen LogP) is 3.00. The molecule has 3 nitrogen and oxygen atoms in total. The molecular weight excluding hydrogens is 212 g/mol. The Morgan fingerprint density at radius 3 is 2.00 bits per heavy atom. The summed E-state index contributed by atoms with van der Waals surface area (Å²) in [5.74, 6) is 0.180. The molecule has 104 valence electrons. The first-order valence-electron chi connectivity index (χ1n) is 7.05. The normalized spacial score (nSPS) is 9.82. The summed E-state index contributed by atoms with van der Waals surface area (Å²) in [4.78, 5) is 15.3. The quantitative estimate of drug-likeness (QED) is 0.613. The zero-order valence-corrected chi connectivity index (χ0v) is 12.8. The third-order valence-corrected chi connectivity index (χ3v) is 2.72. The van der Waals surface area contributed by atoms with Crippen LogP contribution in [0.1, 0.15) is 53.9 Å². The molecule has 0 rings (SSSR count). The molecule has 0 aromatic carbocycles. The van der Waals surface area contributed by atoms with Crippen LogP contribution in [-0.4, -0.2) is 48.9 Å². The lowest BCUT2D eigenvalue weighted by Gasteiger charge is -2.23. The smallest absolute Gasteiger partial charge is 0.219 e. The Kier molecular flexibility index (Phi) is 14.9. The molecule has 0 aliphatic rings. The molecule has 0 unspecified atom stereocenters. The molecule has 0 aliphatic heterocycles. The van der Waals surface area contributed by atoms with E-state index in [1.165, 1.54) is 19.3 Å². The van der Waals surface area contributed by atoms with Crippen LogP contribution >= 0.6 is 0 Å². The molecule has 0 aromatic heterocycles. The summed E-state index contributed by atoms with van der Waals surface area (Å²) in [7, 11) is 2.13. The van der Waals surface area contributed by atoms with Gasteiger partial charge in [-0.2, -0.15) is 0 Å². The van der Waals surface area contributed by atoms with Crippen molar-refractivity contribution in [1.29, 1.82) is 0 Å². The molecule has 0 radical (unpaired) electrons. The monoisotopic (exact) mass is 244 g/mol. The van der Waals surface area contributed by atoms with Gasteiger partial charge < -0.3 is 9.80 Å². The van der Waals surface area contributed by atoms with Crippen LogP contribution in [0, 0.1) is 0 Å². The molecule has 3 heteroatoms. The van der Waals surface area contributed by atoms with E-state index in [1.807, 2.05) is 25.7 Å². The fraction of sp³-hybridized carbons (Fsp3) is 0.929. The lowest BCUT2D eigenvalue weighted by Crippen LogP contribution is -2.36. The number of carbonyl (C=O) groups excluding carboxylic acids is 1. The van der Waals surface area contributed by atoms with Crippen LogP contribution in [0.3, 0.4) is 0 Å². The minimum atomic E-state index is 0.180. The summed E-state index contributed by atoms with van der Waals surface area (Å²) >= 11 is 0. The Morgan fingerprint density at radius 2 is 1.59 bits per heavy atom. The second-order valence-electron chi connectivity index (χ2n) is 4.11. The van der Waals surface area contributed by atoms with Gasteiger partial charge >= 0.3 is 0 Å². The summed E-state index contributed by atoms with van der Waals surface area (Å²) in [6, 6.07) is 0. The average molecular weight is 244 g/mol. The molecule has 0 N–H and O–H groups in total. The molecule has 0 saturated carbocycles. The molecule has 0 aromatic rings. The molecule has 0 fully saturated rings. The third-order valence-electron chi connectivity index (χ3n) is 2.72. The first-order chi connectivity index (χ1) is 8.11. The van der Waals surface area contributed by atoms with Gasteiger partial charge in [-0.3, -0.25) is 4.79 Å². The van der Waals surface area contributed by atoms with Crippen molar-refractivity contribution in [1.82, 2.24) is 9.80 Å². The summed E-state index contributed by atoms with van der Waals surface area (Å²) in [5.41, 5.74) is 0. The van der Waals surface area contributed by atoms with Gasteiger partial charge in [-0.15, -0.1) is 0 Å². The van der Waals surface area contributed by atoms with Crippen molar-refractivity contribution in [3.63, 3.8) is 0 Å². The van der Waals surface area contributed by atoms with Gasteiger partial charge in [0.15, 0.2) is 0 Å². The van der Waals surface area contributed by atoms with Crippen molar-refractivity contribution >= 4 is 5.91 Å². The first kappa shape index (κ1) is 18.8. The fourth-order valence-corrected chi connectivity index (χ4v) is 1.57. The summed E-state index contributed by atoms with van der Waals surface area (Å²) in [5, 5.41) is 0. The SMILES string of the molecule is CC.CCCCCN(C)CCN(CC)C(C)=O. The Bertz CT molecular complexity index is 172. The molecule has 0 heterocycles. The number of nitrogens with zero attached hydrogens (tertiary/aromatic N) is 2. The number of rotatable bonds is 8. The number of unbranched alkanes of at least 4 members (excludes halogenated alkanes) is 2. The van der Waals surface area contributed by atoms with Crippen molar-refractivity contribution in [3.05, 3.63) is 0 Å². The van der Waals surface area contributed by atoms with Crippen LogP contribution in [0.25, 0.3) is 0 Å². The van der Waals surface area contributed by atoms with E-state index in [0.717, 1.165) is 26.2 Å². The number of likely N-dealkylation sites (N-methyl/N-ethyl adjacent to an activating group) is 2. The van der Waals surface area contributed by atoms with E-state index in [-0.39, 0.29) is 5.91 Å². The van der Waals surface area contributed by atoms with Crippen molar-refractivity contribution < 1.29 is 4.79 Å².